The molecule has 0 saturated heterocycles. The Morgan fingerprint density at radius 3 is 2.59 bits per heavy atom. The maximum atomic E-state index is 12.5. The number of Topliss-reactive ketones (excluding diaryl/α,β-unsaturated/α-hetero) is 1. The van der Waals surface area contributed by atoms with Gasteiger partial charge in [-0.05, 0) is 30.5 Å². The van der Waals surface area contributed by atoms with Gasteiger partial charge in [-0.3, -0.25) is 4.79 Å². The minimum atomic E-state index is -4.32. The highest BCUT2D eigenvalue weighted by molar-refractivity contribution is 7.19. The minimum Gasteiger partial charge on any atom is -0.300 e. The van der Waals surface area contributed by atoms with Crippen molar-refractivity contribution >= 4 is 27.2 Å². The summed E-state index contributed by atoms with van der Waals surface area (Å²) >= 11 is 1.24. The molecule has 90 valence electrons. The molecule has 0 radical (unpaired) electrons. The maximum absolute atomic E-state index is 12.5. The number of hydrogen-bond acceptors (Lipinski definition) is 2. The van der Waals surface area contributed by atoms with Gasteiger partial charge in [0.2, 0.25) is 0 Å². The average Bonchev–Trinajstić information content (AvgIpc) is 2.55. The molecule has 5 heteroatoms. The molecule has 1 heterocycles. The van der Waals surface area contributed by atoms with Crippen LogP contribution in [0, 0.1) is 0 Å². The van der Waals surface area contributed by atoms with Crippen LogP contribution in [-0.4, -0.2) is 5.78 Å². The van der Waals surface area contributed by atoms with Crippen LogP contribution in [0.15, 0.2) is 24.3 Å². The first-order valence-corrected chi connectivity index (χ1v) is 5.77. The molecule has 0 aliphatic rings. The summed E-state index contributed by atoms with van der Waals surface area (Å²) < 4.78 is 38.0. The number of halogens is 3. The molecule has 0 bridgehead atoms. The van der Waals surface area contributed by atoms with E-state index in [-0.39, 0.29) is 12.2 Å². The second-order valence-corrected chi connectivity index (χ2v) is 5.01. The normalized spacial score (nSPS) is 12.0. The Morgan fingerprint density at radius 1 is 1.29 bits per heavy atom. The van der Waals surface area contributed by atoms with Crippen molar-refractivity contribution in [2.75, 3.05) is 0 Å². The van der Waals surface area contributed by atoms with E-state index in [1.54, 1.807) is 6.07 Å². The lowest BCUT2D eigenvalue weighted by Gasteiger charge is -2.05. The Hall–Kier alpha value is -1.36. The number of benzene rings is 1. The minimum absolute atomic E-state index is 0.00704. The molecule has 2 rings (SSSR count). The molecule has 0 aliphatic carbocycles. The lowest BCUT2D eigenvalue weighted by Crippen LogP contribution is -2.03. The summed E-state index contributed by atoms with van der Waals surface area (Å²) in [5.74, 6) is 0.00704. The maximum Gasteiger partial charge on any atom is 0.416 e. The van der Waals surface area contributed by atoms with Gasteiger partial charge in [-0.1, -0.05) is 6.07 Å². The highest BCUT2D eigenvalue weighted by atomic mass is 32.1. The predicted molar refractivity (Wildman–Crippen MR) is 61.2 cm³/mol. The fourth-order valence-electron chi connectivity index (χ4n) is 1.59. The van der Waals surface area contributed by atoms with E-state index < -0.39 is 11.7 Å². The second kappa shape index (κ2) is 4.14. The smallest absolute Gasteiger partial charge is 0.300 e. The van der Waals surface area contributed by atoms with Gasteiger partial charge in [0.15, 0.2) is 0 Å². The fourth-order valence-corrected chi connectivity index (χ4v) is 2.77. The van der Waals surface area contributed by atoms with Gasteiger partial charge in [-0.2, -0.15) is 13.2 Å². The van der Waals surface area contributed by atoms with Crippen molar-refractivity contribution in [1.82, 2.24) is 0 Å². The first-order valence-electron chi connectivity index (χ1n) is 4.95. The summed E-state index contributed by atoms with van der Waals surface area (Å²) in [6.45, 7) is 1.46. The van der Waals surface area contributed by atoms with E-state index in [9.17, 15) is 18.0 Å². The van der Waals surface area contributed by atoms with Crippen LogP contribution in [0.1, 0.15) is 17.4 Å². The SMILES string of the molecule is CC(=O)Cc1cc2ccc(C(F)(F)F)cc2s1. The molecule has 1 nitrogen and oxygen atoms in total. The number of carbonyl (C=O) groups excluding carboxylic acids is 1. The Labute approximate surface area is 99.9 Å². The largest absolute Gasteiger partial charge is 0.416 e. The Morgan fingerprint density at radius 2 is 2.00 bits per heavy atom. The van der Waals surface area contributed by atoms with Gasteiger partial charge in [0, 0.05) is 16.0 Å². The Balaban J connectivity index is 2.44. The molecule has 1 aromatic carbocycles. The number of fused-ring (bicyclic) bond motifs is 1. The van der Waals surface area contributed by atoms with E-state index in [0.29, 0.717) is 4.70 Å². The van der Waals surface area contributed by atoms with Crippen LogP contribution < -0.4 is 0 Å². The van der Waals surface area contributed by atoms with Crippen molar-refractivity contribution in [1.29, 1.82) is 0 Å². The molecule has 0 unspecified atom stereocenters. The second-order valence-electron chi connectivity index (χ2n) is 3.84. The van der Waals surface area contributed by atoms with E-state index >= 15 is 0 Å². The van der Waals surface area contributed by atoms with Gasteiger partial charge in [0.25, 0.3) is 0 Å². The highest BCUT2D eigenvalue weighted by Crippen LogP contribution is 2.34. The number of hydrogen-bond donors (Lipinski definition) is 0. The molecule has 17 heavy (non-hydrogen) atoms. The zero-order valence-corrected chi connectivity index (χ0v) is 9.78. The summed E-state index contributed by atoms with van der Waals surface area (Å²) in [4.78, 5) is 11.7. The van der Waals surface area contributed by atoms with E-state index in [1.807, 2.05) is 0 Å². The molecule has 0 aliphatic heterocycles. The van der Waals surface area contributed by atoms with E-state index in [2.05, 4.69) is 0 Å². The Bertz CT molecular complexity index is 569. The van der Waals surface area contributed by atoms with Crippen LogP contribution in [0.2, 0.25) is 0 Å². The molecule has 0 saturated carbocycles. The number of thiophene rings is 1. The lowest BCUT2D eigenvalue weighted by molar-refractivity contribution is -0.137. The quantitative estimate of drug-likeness (QED) is 0.794. The van der Waals surface area contributed by atoms with Gasteiger partial charge in [-0.15, -0.1) is 11.3 Å². The van der Waals surface area contributed by atoms with Crippen molar-refractivity contribution in [2.24, 2.45) is 0 Å². The fraction of sp³-hybridized carbons (Fsp3) is 0.250. The molecule has 1 aromatic heterocycles. The van der Waals surface area contributed by atoms with Gasteiger partial charge in [-0.25, -0.2) is 0 Å². The molecule has 0 N–H and O–H groups in total. The van der Waals surface area contributed by atoms with E-state index in [0.717, 1.165) is 22.4 Å². The summed E-state index contributed by atoms with van der Waals surface area (Å²) in [5.41, 5.74) is -0.652. The molecule has 0 amide bonds. The molecule has 0 fully saturated rings. The zero-order chi connectivity index (χ0) is 12.6. The zero-order valence-electron chi connectivity index (χ0n) is 8.97. The van der Waals surface area contributed by atoms with Gasteiger partial charge >= 0.3 is 6.18 Å². The third-order valence-electron chi connectivity index (χ3n) is 2.32. The lowest BCUT2D eigenvalue weighted by atomic mass is 10.1. The van der Waals surface area contributed by atoms with Gasteiger partial charge in [0.05, 0.1) is 5.56 Å². The van der Waals surface area contributed by atoms with Gasteiger partial charge in [0.1, 0.15) is 5.78 Å². The van der Waals surface area contributed by atoms with E-state index in [4.69, 9.17) is 0 Å². The summed E-state index contributed by atoms with van der Waals surface area (Å²) in [7, 11) is 0. The summed E-state index contributed by atoms with van der Waals surface area (Å²) in [6, 6.07) is 5.40. The monoisotopic (exact) mass is 258 g/mol. The van der Waals surface area contributed by atoms with Crippen LogP contribution in [0.25, 0.3) is 10.1 Å². The van der Waals surface area contributed by atoms with Crippen LogP contribution >= 0.6 is 11.3 Å². The first kappa shape index (κ1) is 12.1. The number of alkyl halides is 3. The number of rotatable bonds is 2. The topological polar surface area (TPSA) is 17.1 Å². The average molecular weight is 258 g/mol. The van der Waals surface area contributed by atoms with Crippen LogP contribution in [0.4, 0.5) is 13.2 Å². The number of ketones is 1. The van der Waals surface area contributed by atoms with Crippen molar-refractivity contribution in [3.8, 4) is 0 Å². The standard InChI is InChI=1S/C12H9F3OS/c1-7(16)4-10-5-8-2-3-9(12(13,14)15)6-11(8)17-10/h2-3,5-6H,4H2,1H3. The van der Waals surface area contributed by atoms with Crippen LogP contribution in [0.3, 0.4) is 0 Å². The highest BCUT2D eigenvalue weighted by Gasteiger charge is 2.30. The first-order chi connectivity index (χ1) is 7.86. The third kappa shape index (κ3) is 2.66. The van der Waals surface area contributed by atoms with Crippen LogP contribution in [-0.2, 0) is 17.4 Å². The molecular formula is C12H9F3OS. The molecule has 0 atom stereocenters. The van der Waals surface area contributed by atoms with Crippen molar-refractivity contribution in [2.45, 2.75) is 19.5 Å². The molecule has 2 aromatic rings. The number of carbonyl (C=O) groups is 1. The summed E-state index contributed by atoms with van der Waals surface area (Å²) in [5, 5.41) is 0.749. The molecular weight excluding hydrogens is 249 g/mol. The van der Waals surface area contributed by atoms with Crippen molar-refractivity contribution in [3.05, 3.63) is 34.7 Å². The third-order valence-corrected chi connectivity index (χ3v) is 3.42. The van der Waals surface area contributed by atoms with Crippen molar-refractivity contribution < 1.29 is 18.0 Å². The molecule has 0 spiro atoms. The Kier molecular flexibility index (Phi) is 2.95. The van der Waals surface area contributed by atoms with Gasteiger partial charge < -0.3 is 0 Å². The summed E-state index contributed by atoms with van der Waals surface area (Å²) in [6.07, 6.45) is -4.04. The van der Waals surface area contributed by atoms with E-state index in [1.165, 1.54) is 24.3 Å². The predicted octanol–water partition coefficient (Wildman–Crippen LogP) is 4.05. The van der Waals surface area contributed by atoms with Crippen LogP contribution in [0.5, 0.6) is 0 Å². The van der Waals surface area contributed by atoms with Crippen molar-refractivity contribution in [3.63, 3.8) is 0 Å².